The molecule has 2 aliphatic heterocycles. The molecule has 0 aliphatic carbocycles. The Hall–Kier alpha value is -2.75. The zero-order valence-electron chi connectivity index (χ0n) is 12.9. The molecule has 0 aromatic heterocycles. The summed E-state index contributed by atoms with van der Waals surface area (Å²) in [6.45, 7) is 0. The van der Waals surface area contributed by atoms with E-state index in [4.69, 9.17) is 5.11 Å². The summed E-state index contributed by atoms with van der Waals surface area (Å²) >= 11 is 0. The van der Waals surface area contributed by atoms with Crippen molar-refractivity contribution < 1.29 is 32.7 Å². The molecule has 2 saturated heterocycles. The average Bonchev–Trinajstić information content (AvgIpc) is 3.11. The number of imide groups is 1. The number of sulfonamides is 1. The van der Waals surface area contributed by atoms with Gasteiger partial charge >= 0.3 is 5.97 Å². The lowest BCUT2D eigenvalue weighted by Crippen LogP contribution is -2.42. The Kier molecular flexibility index (Phi) is 4.07. The summed E-state index contributed by atoms with van der Waals surface area (Å²) in [5, 5.41) is 9.12. The van der Waals surface area contributed by atoms with Crippen LogP contribution in [-0.2, 0) is 29.2 Å². The highest BCUT2D eigenvalue weighted by Gasteiger charge is 2.44. The van der Waals surface area contributed by atoms with Gasteiger partial charge in [0.2, 0.25) is 17.7 Å². The standard InChI is InChI=1S/C15H14N2O7S/c18-12-7-8-13(19)16(12)9-1-3-10(4-2-9)25(23,24)17-11(15(21)22)5-6-14(17)20/h1-4,11H,5-8H2,(H,21,22)/t11-/m0/s1. The van der Waals surface area contributed by atoms with Crippen LogP contribution >= 0.6 is 0 Å². The molecule has 1 N–H and O–H groups in total. The van der Waals surface area contributed by atoms with Gasteiger partial charge in [-0.25, -0.2) is 17.5 Å². The maximum atomic E-state index is 12.6. The molecule has 2 fully saturated rings. The average molecular weight is 366 g/mol. The molecule has 3 rings (SSSR count). The fourth-order valence-corrected chi connectivity index (χ4v) is 4.53. The molecule has 0 saturated carbocycles. The topological polar surface area (TPSA) is 129 Å². The monoisotopic (exact) mass is 366 g/mol. The predicted octanol–water partition coefficient (Wildman–Crippen LogP) is 0.104. The molecule has 1 aromatic rings. The summed E-state index contributed by atoms with van der Waals surface area (Å²) in [6, 6.07) is 3.43. The number of hydrogen-bond acceptors (Lipinski definition) is 6. The molecular formula is C15H14N2O7S. The highest BCUT2D eigenvalue weighted by Crippen LogP contribution is 2.29. The fraction of sp³-hybridized carbons (Fsp3) is 0.333. The Morgan fingerprint density at radius 2 is 1.52 bits per heavy atom. The highest BCUT2D eigenvalue weighted by atomic mass is 32.2. The normalized spacial score (nSPS) is 21.3. The number of carboxylic acid groups (broad SMARTS) is 1. The minimum absolute atomic E-state index is 0.0811. The number of aliphatic carboxylic acids is 1. The molecule has 1 aromatic carbocycles. The lowest BCUT2D eigenvalue weighted by atomic mass is 10.2. The van der Waals surface area contributed by atoms with Crippen LogP contribution in [0.1, 0.15) is 25.7 Å². The van der Waals surface area contributed by atoms with Crippen LogP contribution in [0.15, 0.2) is 29.2 Å². The van der Waals surface area contributed by atoms with Gasteiger partial charge in [-0.1, -0.05) is 0 Å². The van der Waals surface area contributed by atoms with Crippen LogP contribution in [-0.4, -0.2) is 47.6 Å². The zero-order valence-corrected chi connectivity index (χ0v) is 13.7. The zero-order chi connectivity index (χ0) is 18.4. The summed E-state index contributed by atoms with van der Waals surface area (Å²) in [4.78, 5) is 47.2. The van der Waals surface area contributed by atoms with E-state index in [0.29, 0.717) is 4.31 Å². The molecule has 0 spiro atoms. The molecule has 2 heterocycles. The van der Waals surface area contributed by atoms with Crippen molar-refractivity contribution >= 4 is 39.4 Å². The molecule has 0 unspecified atom stereocenters. The SMILES string of the molecule is O=C(O)[C@@H]1CCC(=O)N1S(=O)(=O)c1ccc(N2C(=O)CCC2=O)cc1. The van der Waals surface area contributed by atoms with Crippen molar-refractivity contribution in [3.8, 4) is 0 Å². The van der Waals surface area contributed by atoms with Crippen LogP contribution in [0.5, 0.6) is 0 Å². The smallest absolute Gasteiger partial charge is 0.327 e. The second-order valence-electron chi connectivity index (χ2n) is 5.70. The van der Waals surface area contributed by atoms with Gasteiger partial charge in [0.15, 0.2) is 0 Å². The van der Waals surface area contributed by atoms with E-state index in [1.165, 1.54) is 12.1 Å². The van der Waals surface area contributed by atoms with E-state index < -0.39 is 27.9 Å². The van der Waals surface area contributed by atoms with Crippen molar-refractivity contribution in [1.29, 1.82) is 0 Å². The van der Waals surface area contributed by atoms with E-state index >= 15 is 0 Å². The van der Waals surface area contributed by atoms with E-state index in [9.17, 15) is 27.6 Å². The third-order valence-electron chi connectivity index (χ3n) is 4.15. The first-order valence-corrected chi connectivity index (χ1v) is 8.93. The van der Waals surface area contributed by atoms with Gasteiger partial charge in [0.05, 0.1) is 10.6 Å². The Labute approximate surface area is 142 Å². The molecular weight excluding hydrogens is 352 g/mol. The van der Waals surface area contributed by atoms with Crippen molar-refractivity contribution in [2.45, 2.75) is 36.6 Å². The van der Waals surface area contributed by atoms with E-state index in [-0.39, 0.29) is 48.1 Å². The number of nitrogens with zero attached hydrogens (tertiary/aromatic N) is 2. The van der Waals surface area contributed by atoms with Gasteiger partial charge in [-0.3, -0.25) is 19.3 Å². The number of rotatable bonds is 4. The second-order valence-corrected chi connectivity index (χ2v) is 7.52. The van der Waals surface area contributed by atoms with Crippen LogP contribution in [0, 0.1) is 0 Å². The minimum Gasteiger partial charge on any atom is -0.480 e. The van der Waals surface area contributed by atoms with Gasteiger partial charge in [-0.2, -0.15) is 0 Å². The minimum atomic E-state index is -4.33. The van der Waals surface area contributed by atoms with E-state index in [0.717, 1.165) is 17.0 Å². The lowest BCUT2D eigenvalue weighted by Gasteiger charge is -2.22. The molecule has 25 heavy (non-hydrogen) atoms. The summed E-state index contributed by atoms with van der Waals surface area (Å²) in [5.74, 6) is -2.91. The van der Waals surface area contributed by atoms with Gasteiger partial charge in [0.1, 0.15) is 6.04 Å². The van der Waals surface area contributed by atoms with Gasteiger partial charge in [0.25, 0.3) is 10.0 Å². The lowest BCUT2D eigenvalue weighted by molar-refractivity contribution is -0.143. The third-order valence-corrected chi connectivity index (χ3v) is 5.99. The summed E-state index contributed by atoms with van der Waals surface area (Å²) in [5.41, 5.74) is 0.231. The Bertz CT molecular complexity index is 860. The number of carbonyl (C=O) groups excluding carboxylic acids is 3. The molecule has 10 heteroatoms. The number of amides is 3. The van der Waals surface area contributed by atoms with Crippen LogP contribution in [0.25, 0.3) is 0 Å². The van der Waals surface area contributed by atoms with Gasteiger partial charge in [-0.05, 0) is 30.7 Å². The molecule has 1 atom stereocenters. The maximum Gasteiger partial charge on any atom is 0.327 e. The van der Waals surface area contributed by atoms with Crippen molar-refractivity contribution in [3.63, 3.8) is 0 Å². The van der Waals surface area contributed by atoms with Gasteiger partial charge in [-0.15, -0.1) is 0 Å². The molecule has 2 aliphatic rings. The molecule has 132 valence electrons. The van der Waals surface area contributed by atoms with Crippen LogP contribution in [0.2, 0.25) is 0 Å². The molecule has 0 bridgehead atoms. The number of hydrogen-bond donors (Lipinski definition) is 1. The van der Waals surface area contributed by atoms with Crippen molar-refractivity contribution in [2.24, 2.45) is 0 Å². The Balaban J connectivity index is 1.93. The van der Waals surface area contributed by atoms with E-state index in [1.54, 1.807) is 0 Å². The predicted molar refractivity (Wildman–Crippen MR) is 82.9 cm³/mol. The van der Waals surface area contributed by atoms with Crippen molar-refractivity contribution in [2.75, 3.05) is 4.90 Å². The first-order chi connectivity index (χ1) is 11.7. The quantitative estimate of drug-likeness (QED) is 0.748. The van der Waals surface area contributed by atoms with E-state index in [2.05, 4.69) is 0 Å². The van der Waals surface area contributed by atoms with Gasteiger partial charge < -0.3 is 5.11 Å². The van der Waals surface area contributed by atoms with Crippen molar-refractivity contribution in [1.82, 2.24) is 4.31 Å². The van der Waals surface area contributed by atoms with Crippen molar-refractivity contribution in [3.05, 3.63) is 24.3 Å². The number of carbonyl (C=O) groups is 4. The molecule has 0 radical (unpaired) electrons. The molecule has 3 amide bonds. The van der Waals surface area contributed by atoms with Crippen LogP contribution in [0.3, 0.4) is 0 Å². The third kappa shape index (κ3) is 2.78. The van der Waals surface area contributed by atoms with E-state index in [1.807, 2.05) is 0 Å². The Morgan fingerprint density at radius 3 is 2.04 bits per heavy atom. The highest BCUT2D eigenvalue weighted by molar-refractivity contribution is 7.89. The second kappa shape index (κ2) is 5.96. The first-order valence-electron chi connectivity index (χ1n) is 7.49. The maximum absolute atomic E-state index is 12.6. The van der Waals surface area contributed by atoms with Gasteiger partial charge in [0, 0.05) is 19.3 Å². The van der Waals surface area contributed by atoms with Crippen LogP contribution < -0.4 is 4.90 Å². The number of anilines is 1. The summed E-state index contributed by atoms with van der Waals surface area (Å²) in [6.07, 6.45) is -0.0454. The summed E-state index contributed by atoms with van der Waals surface area (Å²) < 4.78 is 25.6. The first kappa shape index (κ1) is 17.1. The Morgan fingerprint density at radius 1 is 0.960 bits per heavy atom. The van der Waals surface area contributed by atoms with Crippen LogP contribution in [0.4, 0.5) is 5.69 Å². The largest absolute Gasteiger partial charge is 0.480 e. The number of benzene rings is 1. The summed E-state index contributed by atoms with van der Waals surface area (Å²) in [7, 11) is -4.33. The fourth-order valence-electron chi connectivity index (χ4n) is 2.93. The molecule has 9 nitrogen and oxygen atoms in total. The number of carboxylic acids is 1.